The molecule has 0 atom stereocenters. The number of hydrogen-bond acceptors (Lipinski definition) is 7. The fourth-order valence-electron chi connectivity index (χ4n) is 3.53. The van der Waals surface area contributed by atoms with Gasteiger partial charge >= 0.3 is 6.18 Å². The third-order valence-electron chi connectivity index (χ3n) is 5.04. The number of anilines is 2. The Balaban J connectivity index is 1.49. The molecule has 0 aliphatic carbocycles. The van der Waals surface area contributed by atoms with Crippen LogP contribution in [0.2, 0.25) is 5.28 Å². The normalized spacial score (nSPS) is 14.1. The number of hydrogen-bond donors (Lipinski definition) is 2. The minimum Gasteiger partial charge on any atom is -0.399 e. The molecule has 32 heavy (non-hydrogen) atoms. The molecule has 4 rings (SSSR count). The molecule has 165 valence electrons. The predicted octanol–water partition coefficient (Wildman–Crippen LogP) is 3.31. The van der Waals surface area contributed by atoms with E-state index >= 15 is 0 Å². The van der Waals surface area contributed by atoms with Crippen LogP contribution < -0.4 is 11.1 Å². The van der Waals surface area contributed by atoms with Gasteiger partial charge in [0, 0.05) is 49.4 Å². The van der Waals surface area contributed by atoms with Gasteiger partial charge in [0.1, 0.15) is 5.82 Å². The van der Waals surface area contributed by atoms with Crippen LogP contribution in [0.1, 0.15) is 28.1 Å². The highest BCUT2D eigenvalue weighted by Crippen LogP contribution is 2.32. The van der Waals surface area contributed by atoms with Gasteiger partial charge in [-0.3, -0.25) is 9.97 Å². The molecule has 0 fully saturated rings. The molecule has 12 heteroatoms. The van der Waals surface area contributed by atoms with E-state index in [-0.39, 0.29) is 17.5 Å². The molecule has 0 bridgehead atoms. The van der Waals surface area contributed by atoms with Gasteiger partial charge in [-0.15, -0.1) is 0 Å². The lowest BCUT2D eigenvalue weighted by atomic mass is 9.82. The van der Waals surface area contributed by atoms with Crippen molar-refractivity contribution in [2.75, 3.05) is 17.6 Å². The van der Waals surface area contributed by atoms with E-state index in [1.807, 2.05) is 7.41 Å². The van der Waals surface area contributed by atoms with Crippen molar-refractivity contribution in [2.45, 2.75) is 32.0 Å². The first kappa shape index (κ1) is 22.3. The van der Waals surface area contributed by atoms with Crippen LogP contribution in [-0.2, 0) is 32.0 Å². The quantitative estimate of drug-likeness (QED) is 0.331. The molecule has 1 aromatic carbocycles. The summed E-state index contributed by atoms with van der Waals surface area (Å²) in [6.45, 7) is 1.40. The number of nitrogens with two attached hydrogens (primary N) is 1. The Labute approximate surface area is 188 Å². The van der Waals surface area contributed by atoms with Crippen LogP contribution in [0.3, 0.4) is 0 Å². The zero-order valence-electron chi connectivity index (χ0n) is 16.9. The van der Waals surface area contributed by atoms with E-state index in [0.717, 1.165) is 35.6 Å². The molecular weight excluding hydrogens is 442 g/mol. The van der Waals surface area contributed by atoms with Gasteiger partial charge in [-0.1, -0.05) is 0 Å². The van der Waals surface area contributed by atoms with Crippen LogP contribution in [0.5, 0.6) is 0 Å². The second-order valence-electron chi connectivity index (χ2n) is 7.38. The summed E-state index contributed by atoms with van der Waals surface area (Å²) in [4.78, 5) is 19.1. The second-order valence-corrected chi connectivity index (χ2v) is 7.72. The number of aromatic nitrogens is 4. The van der Waals surface area contributed by atoms with Crippen molar-refractivity contribution in [3.63, 3.8) is 0 Å². The monoisotopic (exact) mass is 460 g/mol. The molecule has 0 saturated heterocycles. The molecule has 7 nitrogen and oxygen atoms in total. The number of fused-ring (bicyclic) bond motifs is 1. The van der Waals surface area contributed by atoms with E-state index in [4.69, 9.17) is 17.3 Å². The van der Waals surface area contributed by atoms with Crippen molar-refractivity contribution in [3.8, 4) is 0 Å². The van der Waals surface area contributed by atoms with Gasteiger partial charge in [-0.25, -0.2) is 9.97 Å². The highest BCUT2D eigenvalue weighted by atomic mass is 35.5. The number of nitrogens with one attached hydrogen (secondary N) is 1. The number of nitrogen functional groups attached to an aromatic ring is 1. The number of rotatable bonds is 6. The van der Waals surface area contributed by atoms with Gasteiger partial charge < -0.3 is 15.9 Å². The number of benzene rings is 1. The molecule has 3 aromatic rings. The van der Waals surface area contributed by atoms with Gasteiger partial charge in [0.05, 0.1) is 17.0 Å². The van der Waals surface area contributed by atoms with Crippen LogP contribution in [-0.4, -0.2) is 38.7 Å². The lowest BCUT2D eigenvalue weighted by Gasteiger charge is -2.29. The first-order chi connectivity index (χ1) is 15.3. The summed E-state index contributed by atoms with van der Waals surface area (Å²) in [6, 6.07) is 3.48. The Morgan fingerprint density at radius 3 is 2.78 bits per heavy atom. The summed E-state index contributed by atoms with van der Waals surface area (Å²) < 4.78 is 39.3. The third-order valence-corrected chi connectivity index (χ3v) is 5.21. The summed E-state index contributed by atoms with van der Waals surface area (Å²) >= 11 is 6.08. The molecule has 0 spiro atoms. The minimum atomic E-state index is -4.47. The summed E-state index contributed by atoms with van der Waals surface area (Å²) in [5.41, 5.74) is 7.84. The molecule has 3 heterocycles. The number of halogens is 4. The SMILES string of the molecule is Nc1cc(CNc2nc(Cl)nc3c2CN([B]Cc2cnccn2)CC3)cc(C(F)(F)F)c1. The molecule has 1 aliphatic heterocycles. The van der Waals surface area contributed by atoms with Gasteiger partial charge in [0.15, 0.2) is 0 Å². The van der Waals surface area contributed by atoms with Crippen molar-refractivity contribution in [2.24, 2.45) is 0 Å². The largest absolute Gasteiger partial charge is 0.416 e. The highest BCUT2D eigenvalue weighted by Gasteiger charge is 2.31. The maximum atomic E-state index is 13.1. The Kier molecular flexibility index (Phi) is 6.47. The zero-order valence-corrected chi connectivity index (χ0v) is 17.7. The Morgan fingerprint density at radius 1 is 1.19 bits per heavy atom. The molecule has 0 amide bonds. The molecule has 0 unspecified atom stereocenters. The molecule has 1 aliphatic rings. The van der Waals surface area contributed by atoms with Crippen molar-refractivity contribution < 1.29 is 13.2 Å². The topological polar surface area (TPSA) is 92.8 Å². The maximum Gasteiger partial charge on any atom is 0.416 e. The average Bonchev–Trinajstić information content (AvgIpc) is 2.76. The molecule has 0 saturated carbocycles. The highest BCUT2D eigenvalue weighted by molar-refractivity contribution is 6.31. The van der Waals surface area contributed by atoms with E-state index in [1.54, 1.807) is 18.6 Å². The van der Waals surface area contributed by atoms with E-state index in [9.17, 15) is 13.2 Å². The molecule has 1 radical (unpaired) electrons. The smallest absolute Gasteiger partial charge is 0.399 e. The van der Waals surface area contributed by atoms with E-state index in [1.165, 1.54) is 6.07 Å². The summed E-state index contributed by atoms with van der Waals surface area (Å²) in [6.07, 6.45) is 1.81. The predicted molar refractivity (Wildman–Crippen MR) is 116 cm³/mol. The van der Waals surface area contributed by atoms with Gasteiger partial charge in [0.2, 0.25) is 12.7 Å². The van der Waals surface area contributed by atoms with Gasteiger partial charge in [0.25, 0.3) is 0 Å². The summed E-state index contributed by atoms with van der Waals surface area (Å²) in [5.74, 6) is 0.494. The van der Waals surface area contributed by atoms with Crippen LogP contribution in [0.4, 0.5) is 24.7 Å². The van der Waals surface area contributed by atoms with E-state index in [0.29, 0.717) is 30.7 Å². The Morgan fingerprint density at radius 2 is 2.03 bits per heavy atom. The minimum absolute atomic E-state index is 0.0455. The van der Waals surface area contributed by atoms with Gasteiger partial charge in [-0.2, -0.15) is 13.2 Å². The average molecular weight is 461 g/mol. The lowest BCUT2D eigenvalue weighted by molar-refractivity contribution is -0.137. The number of nitrogens with zero attached hydrogens (tertiary/aromatic N) is 5. The van der Waals surface area contributed by atoms with Crippen molar-refractivity contribution >= 4 is 30.5 Å². The van der Waals surface area contributed by atoms with Gasteiger partial charge in [-0.05, 0) is 48.2 Å². The fourth-order valence-corrected chi connectivity index (χ4v) is 3.72. The van der Waals surface area contributed by atoms with Crippen LogP contribution in [0, 0.1) is 0 Å². The first-order valence-corrected chi connectivity index (χ1v) is 10.2. The molecule has 3 N–H and O–H groups in total. The first-order valence-electron chi connectivity index (χ1n) is 9.86. The Hall–Kier alpha value is -2.92. The maximum absolute atomic E-state index is 13.1. The zero-order chi connectivity index (χ0) is 22.7. The van der Waals surface area contributed by atoms with Crippen molar-refractivity contribution in [3.05, 3.63) is 70.2 Å². The Bertz CT molecular complexity index is 1100. The van der Waals surface area contributed by atoms with Crippen LogP contribution in [0.15, 0.2) is 36.8 Å². The fraction of sp³-hybridized carbons (Fsp3) is 0.300. The summed E-state index contributed by atoms with van der Waals surface area (Å²) in [7, 11) is 2.04. The van der Waals surface area contributed by atoms with Crippen LogP contribution >= 0.6 is 11.6 Å². The van der Waals surface area contributed by atoms with Crippen molar-refractivity contribution in [1.29, 1.82) is 0 Å². The number of alkyl halides is 3. The summed E-state index contributed by atoms with van der Waals surface area (Å²) in [5, 5.41) is 3.20. The van der Waals surface area contributed by atoms with Crippen LogP contribution in [0.25, 0.3) is 0 Å². The molecule has 2 aromatic heterocycles. The second kappa shape index (κ2) is 9.29. The lowest BCUT2D eigenvalue weighted by Crippen LogP contribution is -2.36. The third kappa shape index (κ3) is 5.46. The molecular formula is C20H19BClF3N7. The standard InChI is InChI=1S/C20H19BClF3N7/c22-19-30-17-1-4-32(21-8-15-10-27-2-3-28-15)11-16(17)18(31-19)29-9-12-5-13(20(23,24)25)7-14(26)6-12/h2-3,5-7,10H,1,4,8-9,11,26H2,(H,29,30,31). The van der Waals surface area contributed by atoms with E-state index < -0.39 is 11.7 Å². The van der Waals surface area contributed by atoms with Crippen molar-refractivity contribution in [1.82, 2.24) is 24.7 Å². The van der Waals surface area contributed by atoms with E-state index in [2.05, 4.69) is 30.1 Å².